The SMILES string of the molecule is C=CCCC1(C(=O)NC)CNc2cc(N)ccc21. The lowest BCUT2D eigenvalue weighted by Crippen LogP contribution is -2.44. The zero-order valence-corrected chi connectivity index (χ0v) is 10.6. The second-order valence-corrected chi connectivity index (χ2v) is 4.65. The maximum atomic E-state index is 12.3. The minimum Gasteiger partial charge on any atom is -0.399 e. The first kappa shape index (κ1) is 12.5. The Morgan fingerprint density at radius 1 is 1.67 bits per heavy atom. The van der Waals surface area contributed by atoms with Gasteiger partial charge in [0, 0.05) is 25.0 Å². The van der Waals surface area contributed by atoms with Gasteiger partial charge in [0.15, 0.2) is 0 Å². The summed E-state index contributed by atoms with van der Waals surface area (Å²) in [7, 11) is 1.67. The average Bonchev–Trinajstić information content (AvgIpc) is 2.74. The van der Waals surface area contributed by atoms with Crippen LogP contribution in [0.5, 0.6) is 0 Å². The molecule has 1 aromatic carbocycles. The summed E-state index contributed by atoms with van der Waals surface area (Å²) < 4.78 is 0. The first-order chi connectivity index (χ1) is 8.64. The number of carbonyl (C=O) groups is 1. The maximum Gasteiger partial charge on any atom is 0.232 e. The molecule has 0 bridgehead atoms. The number of amides is 1. The fourth-order valence-corrected chi connectivity index (χ4v) is 2.59. The normalized spacial score (nSPS) is 20.9. The van der Waals surface area contributed by atoms with Crippen molar-refractivity contribution in [3.8, 4) is 0 Å². The fourth-order valence-electron chi connectivity index (χ4n) is 2.59. The number of benzene rings is 1. The van der Waals surface area contributed by atoms with Crippen molar-refractivity contribution in [1.29, 1.82) is 0 Å². The third kappa shape index (κ3) is 1.83. The number of hydrogen-bond acceptors (Lipinski definition) is 3. The molecule has 4 heteroatoms. The highest BCUT2D eigenvalue weighted by molar-refractivity contribution is 5.93. The molecule has 0 spiro atoms. The van der Waals surface area contributed by atoms with Gasteiger partial charge in [-0.05, 0) is 30.5 Å². The van der Waals surface area contributed by atoms with Gasteiger partial charge in [-0.15, -0.1) is 6.58 Å². The Hall–Kier alpha value is -1.97. The Kier molecular flexibility index (Phi) is 3.28. The van der Waals surface area contributed by atoms with Gasteiger partial charge in [-0.25, -0.2) is 0 Å². The van der Waals surface area contributed by atoms with Crippen LogP contribution < -0.4 is 16.4 Å². The van der Waals surface area contributed by atoms with Crippen LogP contribution in [0.3, 0.4) is 0 Å². The van der Waals surface area contributed by atoms with E-state index in [0.29, 0.717) is 12.2 Å². The van der Waals surface area contributed by atoms with E-state index >= 15 is 0 Å². The molecule has 1 aliphatic heterocycles. The summed E-state index contributed by atoms with van der Waals surface area (Å²) in [5.74, 6) is 0.0420. The summed E-state index contributed by atoms with van der Waals surface area (Å²) >= 11 is 0. The predicted molar refractivity (Wildman–Crippen MR) is 74.5 cm³/mol. The minimum atomic E-state index is -0.508. The molecule has 0 fully saturated rings. The van der Waals surface area contributed by atoms with E-state index in [1.807, 2.05) is 24.3 Å². The van der Waals surface area contributed by atoms with Gasteiger partial charge in [-0.1, -0.05) is 12.1 Å². The molecule has 96 valence electrons. The van der Waals surface area contributed by atoms with Gasteiger partial charge in [0.1, 0.15) is 0 Å². The highest BCUT2D eigenvalue weighted by Gasteiger charge is 2.44. The molecule has 0 aliphatic carbocycles. The molecule has 1 unspecified atom stereocenters. The number of nitrogen functional groups attached to an aromatic ring is 1. The van der Waals surface area contributed by atoms with Crippen LogP contribution in [0.25, 0.3) is 0 Å². The predicted octanol–water partition coefficient (Wildman–Crippen LogP) is 1.64. The largest absolute Gasteiger partial charge is 0.399 e. The molecule has 1 aliphatic rings. The molecule has 4 nitrogen and oxygen atoms in total. The topological polar surface area (TPSA) is 67.2 Å². The molecule has 18 heavy (non-hydrogen) atoms. The number of anilines is 2. The third-order valence-corrected chi connectivity index (χ3v) is 3.58. The molecule has 0 saturated heterocycles. The van der Waals surface area contributed by atoms with E-state index in [1.165, 1.54) is 0 Å². The molecule has 0 saturated carbocycles. The Bertz CT molecular complexity index is 484. The van der Waals surface area contributed by atoms with E-state index in [0.717, 1.165) is 24.1 Å². The highest BCUT2D eigenvalue weighted by Crippen LogP contribution is 2.41. The number of likely N-dealkylation sites (N-methyl/N-ethyl adjacent to an activating group) is 1. The Morgan fingerprint density at radius 2 is 2.44 bits per heavy atom. The number of allylic oxidation sites excluding steroid dienone is 1. The third-order valence-electron chi connectivity index (χ3n) is 3.58. The Balaban J connectivity index is 2.45. The molecule has 1 amide bonds. The van der Waals surface area contributed by atoms with Gasteiger partial charge in [0.25, 0.3) is 0 Å². The van der Waals surface area contributed by atoms with Crippen LogP contribution >= 0.6 is 0 Å². The van der Waals surface area contributed by atoms with Crippen LogP contribution in [0.2, 0.25) is 0 Å². The lowest BCUT2D eigenvalue weighted by molar-refractivity contribution is -0.125. The molecule has 4 N–H and O–H groups in total. The molecule has 0 aromatic heterocycles. The van der Waals surface area contributed by atoms with E-state index in [1.54, 1.807) is 7.05 Å². The highest BCUT2D eigenvalue weighted by atomic mass is 16.2. The first-order valence-corrected chi connectivity index (χ1v) is 6.11. The van der Waals surface area contributed by atoms with Gasteiger partial charge in [-0.2, -0.15) is 0 Å². The monoisotopic (exact) mass is 245 g/mol. The second-order valence-electron chi connectivity index (χ2n) is 4.65. The van der Waals surface area contributed by atoms with Gasteiger partial charge in [0.05, 0.1) is 5.41 Å². The van der Waals surface area contributed by atoms with Crippen LogP contribution in [-0.4, -0.2) is 19.5 Å². The van der Waals surface area contributed by atoms with Crippen molar-refractivity contribution in [3.63, 3.8) is 0 Å². The minimum absolute atomic E-state index is 0.0420. The lowest BCUT2D eigenvalue weighted by Gasteiger charge is -2.27. The molecule has 2 rings (SSSR count). The van der Waals surface area contributed by atoms with E-state index in [4.69, 9.17) is 5.73 Å². The molecule has 1 aromatic rings. The van der Waals surface area contributed by atoms with Crippen LogP contribution in [0, 0.1) is 0 Å². The maximum absolute atomic E-state index is 12.3. The molecular weight excluding hydrogens is 226 g/mol. The Morgan fingerprint density at radius 3 is 3.11 bits per heavy atom. The van der Waals surface area contributed by atoms with E-state index in [-0.39, 0.29) is 5.91 Å². The standard InChI is InChI=1S/C14H19N3O/c1-3-4-7-14(13(18)16-2)9-17-12-8-10(15)5-6-11(12)14/h3,5-6,8,17H,1,4,7,9,15H2,2H3,(H,16,18). The number of hydrogen-bond donors (Lipinski definition) is 3. The van der Waals surface area contributed by atoms with Crippen molar-refractivity contribution >= 4 is 17.3 Å². The van der Waals surface area contributed by atoms with Crippen molar-refractivity contribution in [3.05, 3.63) is 36.4 Å². The van der Waals surface area contributed by atoms with Crippen LogP contribution in [-0.2, 0) is 10.2 Å². The van der Waals surface area contributed by atoms with E-state index < -0.39 is 5.41 Å². The molecular formula is C14H19N3O. The van der Waals surface area contributed by atoms with Gasteiger partial charge in [-0.3, -0.25) is 4.79 Å². The first-order valence-electron chi connectivity index (χ1n) is 6.11. The molecule has 1 heterocycles. The van der Waals surface area contributed by atoms with E-state index in [2.05, 4.69) is 17.2 Å². The van der Waals surface area contributed by atoms with Crippen molar-refractivity contribution in [2.24, 2.45) is 0 Å². The summed E-state index contributed by atoms with van der Waals surface area (Å²) in [6, 6.07) is 5.67. The summed E-state index contributed by atoms with van der Waals surface area (Å²) in [5.41, 5.74) is 7.96. The zero-order chi connectivity index (χ0) is 13.2. The van der Waals surface area contributed by atoms with Gasteiger partial charge < -0.3 is 16.4 Å². The fraction of sp³-hybridized carbons (Fsp3) is 0.357. The number of fused-ring (bicyclic) bond motifs is 1. The summed E-state index contributed by atoms with van der Waals surface area (Å²) in [6.07, 6.45) is 3.40. The summed E-state index contributed by atoms with van der Waals surface area (Å²) in [5, 5.41) is 6.05. The van der Waals surface area contributed by atoms with Crippen LogP contribution in [0.4, 0.5) is 11.4 Å². The number of carbonyl (C=O) groups excluding carboxylic acids is 1. The van der Waals surface area contributed by atoms with Crippen molar-refractivity contribution in [2.75, 3.05) is 24.6 Å². The summed E-state index contributed by atoms with van der Waals surface area (Å²) in [6.45, 7) is 4.35. The quantitative estimate of drug-likeness (QED) is 0.558. The van der Waals surface area contributed by atoms with Gasteiger partial charge >= 0.3 is 0 Å². The lowest BCUT2D eigenvalue weighted by atomic mass is 9.77. The molecule has 0 radical (unpaired) electrons. The van der Waals surface area contributed by atoms with Crippen LogP contribution in [0.15, 0.2) is 30.9 Å². The van der Waals surface area contributed by atoms with E-state index in [9.17, 15) is 4.79 Å². The molecule has 1 atom stereocenters. The van der Waals surface area contributed by atoms with Crippen molar-refractivity contribution < 1.29 is 4.79 Å². The van der Waals surface area contributed by atoms with Crippen molar-refractivity contribution in [2.45, 2.75) is 18.3 Å². The second kappa shape index (κ2) is 4.72. The van der Waals surface area contributed by atoms with Crippen molar-refractivity contribution in [1.82, 2.24) is 5.32 Å². The average molecular weight is 245 g/mol. The Labute approximate surface area is 107 Å². The summed E-state index contributed by atoms with van der Waals surface area (Å²) in [4.78, 5) is 12.3. The number of rotatable bonds is 4. The van der Waals surface area contributed by atoms with Gasteiger partial charge in [0.2, 0.25) is 5.91 Å². The number of nitrogens with one attached hydrogen (secondary N) is 2. The van der Waals surface area contributed by atoms with Crippen LogP contribution in [0.1, 0.15) is 18.4 Å². The number of nitrogens with two attached hydrogens (primary N) is 1. The zero-order valence-electron chi connectivity index (χ0n) is 10.6. The smallest absolute Gasteiger partial charge is 0.232 e.